The van der Waals surface area contributed by atoms with E-state index in [0.717, 1.165) is 83.5 Å². The molecule has 0 spiro atoms. The Morgan fingerprint density at radius 2 is 0.694 bits per heavy atom. The molecule has 3 N–H and O–H groups in total. The number of hydrogen-bond donors (Lipinski definition) is 3. The molecule has 0 saturated carbocycles. The summed E-state index contributed by atoms with van der Waals surface area (Å²) in [5.74, 6) is -0.0917. The van der Waals surface area contributed by atoms with E-state index in [2.05, 4.69) is 129 Å². The molecule has 0 aromatic carbocycles. The first kappa shape index (κ1) is 59.0. The lowest BCUT2D eigenvalue weighted by molar-refractivity contribution is -0.123. The highest BCUT2D eigenvalue weighted by Crippen LogP contribution is 2.16. The van der Waals surface area contributed by atoms with Crippen molar-refractivity contribution in [2.24, 2.45) is 0 Å². The van der Waals surface area contributed by atoms with Crippen LogP contribution in [0.3, 0.4) is 0 Å². The van der Waals surface area contributed by atoms with Gasteiger partial charge >= 0.3 is 0 Å². The zero-order chi connectivity index (χ0) is 44.9. The van der Waals surface area contributed by atoms with Gasteiger partial charge in [0.15, 0.2) is 0 Å². The summed E-state index contributed by atoms with van der Waals surface area (Å²) in [6.07, 6.45) is 79.1. The van der Waals surface area contributed by atoms with Gasteiger partial charge in [-0.2, -0.15) is 0 Å². The molecule has 0 heterocycles. The van der Waals surface area contributed by atoms with Crippen molar-refractivity contribution in [3.8, 4) is 0 Å². The third kappa shape index (κ3) is 48.1. The molecular formula is C58H99NO3. The fraction of sp³-hybridized carbons (Fsp3) is 0.672. The first-order chi connectivity index (χ1) is 30.7. The zero-order valence-corrected chi connectivity index (χ0v) is 40.6. The third-order valence-electron chi connectivity index (χ3n) is 11.3. The molecule has 0 bridgehead atoms. The van der Waals surface area contributed by atoms with E-state index >= 15 is 0 Å². The third-order valence-corrected chi connectivity index (χ3v) is 11.3. The highest BCUT2D eigenvalue weighted by atomic mass is 16.3. The van der Waals surface area contributed by atoms with Crippen LogP contribution in [0.5, 0.6) is 0 Å². The minimum absolute atomic E-state index is 0.0917. The first-order valence-corrected chi connectivity index (χ1v) is 26.1. The summed E-state index contributed by atoms with van der Waals surface area (Å²) in [7, 11) is 0. The number of nitrogens with one attached hydrogen (secondary N) is 1. The van der Waals surface area contributed by atoms with E-state index in [4.69, 9.17) is 0 Å². The van der Waals surface area contributed by atoms with Crippen molar-refractivity contribution in [3.63, 3.8) is 0 Å². The van der Waals surface area contributed by atoms with Crippen LogP contribution in [0.4, 0.5) is 0 Å². The van der Waals surface area contributed by atoms with E-state index in [1.165, 1.54) is 122 Å². The van der Waals surface area contributed by atoms with Gasteiger partial charge in [-0.1, -0.05) is 258 Å². The summed E-state index contributed by atoms with van der Waals surface area (Å²) >= 11 is 0. The molecule has 2 atom stereocenters. The molecule has 354 valence electrons. The van der Waals surface area contributed by atoms with Gasteiger partial charge in [0, 0.05) is 6.42 Å². The Labute approximate surface area is 385 Å². The van der Waals surface area contributed by atoms with Gasteiger partial charge in [0.1, 0.15) is 0 Å². The molecule has 0 aliphatic heterocycles. The Hall–Kier alpha value is -2.95. The van der Waals surface area contributed by atoms with Gasteiger partial charge in [0.05, 0.1) is 18.8 Å². The molecule has 0 aliphatic rings. The molecule has 1 amide bonds. The summed E-state index contributed by atoms with van der Waals surface area (Å²) in [6, 6.07) is -0.576. The quantitative estimate of drug-likeness (QED) is 0.0422. The maximum absolute atomic E-state index is 12.4. The van der Waals surface area contributed by atoms with Gasteiger partial charge in [-0.15, -0.1) is 0 Å². The summed E-state index contributed by atoms with van der Waals surface area (Å²) < 4.78 is 0. The largest absolute Gasteiger partial charge is 0.394 e. The molecule has 2 unspecified atom stereocenters. The van der Waals surface area contributed by atoms with Gasteiger partial charge in [0.25, 0.3) is 0 Å². The smallest absolute Gasteiger partial charge is 0.220 e. The average molecular weight is 858 g/mol. The predicted octanol–water partition coefficient (Wildman–Crippen LogP) is 17.1. The molecule has 0 saturated heterocycles. The molecule has 0 aromatic heterocycles. The molecule has 4 heteroatoms. The number of hydrogen-bond acceptors (Lipinski definition) is 3. The Bertz CT molecular complexity index is 1200. The molecule has 0 aromatic rings. The number of allylic oxidation sites excluding steroid dienone is 18. The van der Waals surface area contributed by atoms with E-state index in [9.17, 15) is 15.0 Å². The van der Waals surface area contributed by atoms with Crippen LogP contribution in [0, 0.1) is 0 Å². The van der Waals surface area contributed by atoms with Crippen LogP contribution in [0.1, 0.15) is 232 Å². The fourth-order valence-electron chi connectivity index (χ4n) is 7.36. The second kappa shape index (κ2) is 52.4. The van der Waals surface area contributed by atoms with Gasteiger partial charge in [0.2, 0.25) is 5.91 Å². The second-order valence-electron chi connectivity index (χ2n) is 17.2. The van der Waals surface area contributed by atoms with E-state index in [1.54, 1.807) is 0 Å². The van der Waals surface area contributed by atoms with Crippen LogP contribution in [0.15, 0.2) is 109 Å². The Balaban J connectivity index is 3.68. The number of carbonyl (C=O) groups is 1. The van der Waals surface area contributed by atoms with Crippen LogP contribution in [-0.4, -0.2) is 34.9 Å². The van der Waals surface area contributed by atoms with E-state index in [-0.39, 0.29) is 12.5 Å². The SMILES string of the molecule is CC/C=C\C/C=C\C/C=C\C/C=C\C/C=C\C/C=C\C/C=C\C/C=C\C/C=C\CCCC(=O)NC(CO)C(O)CCCCCCCCCCCCCCCCCCCCCCC. The lowest BCUT2D eigenvalue weighted by Gasteiger charge is -2.22. The predicted molar refractivity (Wildman–Crippen MR) is 276 cm³/mol. The monoisotopic (exact) mass is 858 g/mol. The molecule has 0 radical (unpaired) electrons. The van der Waals surface area contributed by atoms with Crippen molar-refractivity contribution in [3.05, 3.63) is 109 Å². The minimum Gasteiger partial charge on any atom is -0.394 e. The van der Waals surface area contributed by atoms with Crippen LogP contribution in [0.25, 0.3) is 0 Å². The van der Waals surface area contributed by atoms with Gasteiger partial charge in [-0.25, -0.2) is 0 Å². The molecule has 0 aliphatic carbocycles. The minimum atomic E-state index is -0.692. The fourth-order valence-corrected chi connectivity index (χ4v) is 7.36. The van der Waals surface area contributed by atoms with Crippen molar-refractivity contribution in [1.29, 1.82) is 0 Å². The number of aliphatic hydroxyl groups excluding tert-OH is 2. The van der Waals surface area contributed by atoms with Crippen molar-refractivity contribution >= 4 is 5.91 Å². The van der Waals surface area contributed by atoms with Crippen molar-refractivity contribution in [2.75, 3.05) is 6.61 Å². The lowest BCUT2D eigenvalue weighted by Crippen LogP contribution is -2.45. The number of amides is 1. The van der Waals surface area contributed by atoms with E-state index in [0.29, 0.717) is 12.8 Å². The van der Waals surface area contributed by atoms with Crippen LogP contribution >= 0.6 is 0 Å². The van der Waals surface area contributed by atoms with Crippen molar-refractivity contribution in [2.45, 2.75) is 244 Å². The molecule has 62 heavy (non-hydrogen) atoms. The second-order valence-corrected chi connectivity index (χ2v) is 17.2. The van der Waals surface area contributed by atoms with Gasteiger partial charge in [-0.3, -0.25) is 4.79 Å². The summed E-state index contributed by atoms with van der Waals surface area (Å²) in [5, 5.41) is 23.2. The topological polar surface area (TPSA) is 69.6 Å². The Morgan fingerprint density at radius 1 is 0.403 bits per heavy atom. The van der Waals surface area contributed by atoms with Crippen molar-refractivity contribution < 1.29 is 15.0 Å². The molecule has 4 nitrogen and oxygen atoms in total. The van der Waals surface area contributed by atoms with Crippen molar-refractivity contribution in [1.82, 2.24) is 5.32 Å². The Morgan fingerprint density at radius 3 is 1.00 bits per heavy atom. The van der Waals surface area contributed by atoms with Gasteiger partial charge < -0.3 is 15.5 Å². The van der Waals surface area contributed by atoms with Crippen LogP contribution < -0.4 is 5.32 Å². The standard InChI is InChI=1S/C58H99NO3/c1-3-5-7-9-11-13-15-17-19-21-23-25-26-27-28-29-30-31-32-34-36-38-40-42-44-46-48-50-52-54-58(62)59-56(55-60)57(61)53-51-49-47-45-43-41-39-37-35-33-24-22-20-18-16-14-12-10-8-6-4-2/h5,7,11,13,17,19,23,25,27-28,30-31,34,36,40,42,46,48,56-57,60-61H,3-4,6,8-10,12,14-16,18,20-22,24,26,29,32-33,35,37-39,41,43-45,47,49-55H2,1-2H3,(H,59,62)/b7-5-,13-11-,19-17-,25-23-,28-27-,31-30-,36-34-,42-40-,48-46-. The highest BCUT2D eigenvalue weighted by molar-refractivity contribution is 5.76. The van der Waals surface area contributed by atoms with E-state index in [1.807, 2.05) is 0 Å². The zero-order valence-electron chi connectivity index (χ0n) is 40.6. The molecule has 0 rings (SSSR count). The van der Waals surface area contributed by atoms with Crippen LogP contribution in [0.2, 0.25) is 0 Å². The highest BCUT2D eigenvalue weighted by Gasteiger charge is 2.19. The normalized spacial score (nSPS) is 13.8. The Kier molecular flexibility index (Phi) is 49.9. The summed E-state index contributed by atoms with van der Waals surface area (Å²) in [5.41, 5.74) is 0. The van der Waals surface area contributed by atoms with Crippen LogP contribution in [-0.2, 0) is 4.79 Å². The molecule has 0 fully saturated rings. The number of rotatable bonds is 46. The van der Waals surface area contributed by atoms with E-state index < -0.39 is 12.1 Å². The number of aliphatic hydroxyl groups is 2. The summed E-state index contributed by atoms with van der Waals surface area (Å²) in [4.78, 5) is 12.4. The number of carbonyl (C=O) groups excluding carboxylic acids is 1. The summed E-state index contributed by atoms with van der Waals surface area (Å²) in [6.45, 7) is 4.23. The maximum atomic E-state index is 12.4. The van der Waals surface area contributed by atoms with Gasteiger partial charge in [-0.05, 0) is 77.0 Å². The maximum Gasteiger partial charge on any atom is 0.220 e. The molecular weight excluding hydrogens is 759 g/mol. The average Bonchev–Trinajstić information content (AvgIpc) is 3.28. The number of unbranched alkanes of at least 4 members (excludes halogenated alkanes) is 21. The first-order valence-electron chi connectivity index (χ1n) is 26.1. The lowest BCUT2D eigenvalue weighted by atomic mass is 10.0.